The van der Waals surface area contributed by atoms with Crippen LogP contribution in [0.2, 0.25) is 0 Å². The van der Waals surface area contributed by atoms with Crippen LogP contribution in [0.5, 0.6) is 5.75 Å². The van der Waals surface area contributed by atoms with Gasteiger partial charge in [-0.25, -0.2) is 4.98 Å². The quantitative estimate of drug-likeness (QED) is 0.679. The molecule has 0 aromatic carbocycles. The second-order valence-corrected chi connectivity index (χ2v) is 6.05. The molecule has 21 heavy (non-hydrogen) atoms. The van der Waals surface area contributed by atoms with Gasteiger partial charge < -0.3 is 25.0 Å². The van der Waals surface area contributed by atoms with Crippen LogP contribution in [0.4, 0.5) is 0 Å². The highest BCUT2D eigenvalue weighted by Gasteiger charge is 2.39. The highest BCUT2D eigenvalue weighted by atomic mass is 32.2. The topological polar surface area (TPSA) is 103 Å². The summed E-state index contributed by atoms with van der Waals surface area (Å²) in [6.45, 7) is 0. The average Bonchev–Trinajstić information content (AvgIpc) is 2.47. The van der Waals surface area contributed by atoms with Crippen LogP contribution in [-0.4, -0.2) is 74.7 Å². The summed E-state index contributed by atoms with van der Waals surface area (Å²) in [4.78, 5) is 17.4. The van der Waals surface area contributed by atoms with Crippen LogP contribution in [0.25, 0.3) is 0 Å². The van der Waals surface area contributed by atoms with Gasteiger partial charge in [-0.2, -0.15) is 0 Å². The van der Waals surface area contributed by atoms with Crippen molar-refractivity contribution in [2.24, 2.45) is 0 Å². The van der Waals surface area contributed by atoms with E-state index in [9.17, 15) is 20.1 Å². The van der Waals surface area contributed by atoms with E-state index in [1.54, 1.807) is 26.2 Å². The van der Waals surface area contributed by atoms with Crippen molar-refractivity contribution >= 4 is 17.7 Å². The summed E-state index contributed by atoms with van der Waals surface area (Å²) >= 11 is 1.17. The van der Waals surface area contributed by atoms with Crippen LogP contribution >= 0.6 is 11.8 Å². The van der Waals surface area contributed by atoms with Crippen molar-refractivity contribution in [3.8, 4) is 5.75 Å². The number of carbonyl (C=O) groups excluding carboxylic acids is 1. The van der Waals surface area contributed by atoms with E-state index in [4.69, 9.17) is 4.74 Å². The zero-order chi connectivity index (χ0) is 15.6. The van der Waals surface area contributed by atoms with E-state index in [0.717, 1.165) is 0 Å². The number of amides is 1. The summed E-state index contributed by atoms with van der Waals surface area (Å²) in [5, 5.41) is 29.1. The number of aromatic nitrogens is 1. The molecule has 0 saturated carbocycles. The van der Waals surface area contributed by atoms with Gasteiger partial charge in [0, 0.05) is 26.0 Å². The summed E-state index contributed by atoms with van der Waals surface area (Å²) in [6.07, 6.45) is -2.05. The molecular weight excluding hydrogens is 296 g/mol. The number of thioether (sulfide) groups is 1. The van der Waals surface area contributed by atoms with Gasteiger partial charge in [0.2, 0.25) is 0 Å². The van der Waals surface area contributed by atoms with Crippen LogP contribution in [0.1, 0.15) is 10.5 Å². The van der Waals surface area contributed by atoms with E-state index in [-0.39, 0.29) is 23.1 Å². The Morgan fingerprint density at radius 3 is 2.76 bits per heavy atom. The molecule has 116 valence electrons. The van der Waals surface area contributed by atoms with E-state index >= 15 is 0 Å². The third kappa shape index (κ3) is 3.46. The van der Waals surface area contributed by atoms with Gasteiger partial charge in [0.1, 0.15) is 12.2 Å². The minimum absolute atomic E-state index is 0.135. The van der Waals surface area contributed by atoms with Gasteiger partial charge in [0.15, 0.2) is 16.9 Å². The Kier molecular flexibility index (Phi) is 5.04. The van der Waals surface area contributed by atoms with Crippen molar-refractivity contribution in [3.63, 3.8) is 0 Å². The lowest BCUT2D eigenvalue weighted by molar-refractivity contribution is -0.0787. The third-order valence-corrected chi connectivity index (χ3v) is 4.31. The maximum absolute atomic E-state index is 12.0. The van der Waals surface area contributed by atoms with Gasteiger partial charge in [-0.3, -0.25) is 4.79 Å². The molecule has 1 fully saturated rings. The van der Waals surface area contributed by atoms with Gasteiger partial charge in [-0.1, -0.05) is 0 Å². The number of aliphatic hydroxyl groups excluding tert-OH is 3. The predicted molar refractivity (Wildman–Crippen MR) is 77.1 cm³/mol. The Labute approximate surface area is 126 Å². The molecule has 1 aliphatic rings. The molecule has 7 nitrogen and oxygen atoms in total. The Morgan fingerprint density at radius 2 is 2.10 bits per heavy atom. The molecule has 2 heterocycles. The maximum Gasteiger partial charge on any atom is 0.275 e. The van der Waals surface area contributed by atoms with E-state index < -0.39 is 23.7 Å². The first-order chi connectivity index (χ1) is 9.91. The first-order valence-electron chi connectivity index (χ1n) is 6.41. The third-order valence-electron chi connectivity index (χ3n) is 3.08. The minimum atomic E-state index is -1.28. The van der Waals surface area contributed by atoms with Crippen molar-refractivity contribution in [2.75, 3.05) is 19.8 Å². The van der Waals surface area contributed by atoms with Crippen molar-refractivity contribution in [3.05, 3.63) is 24.0 Å². The number of hydrogen-bond acceptors (Lipinski definition) is 7. The number of rotatable bonds is 3. The molecule has 2 rings (SSSR count). The van der Waals surface area contributed by atoms with E-state index in [1.165, 1.54) is 22.9 Å². The fraction of sp³-hybridized carbons (Fsp3) is 0.538. The lowest BCUT2D eigenvalue weighted by Gasteiger charge is -2.34. The fourth-order valence-corrected chi connectivity index (χ4v) is 2.98. The maximum atomic E-state index is 12.0. The lowest BCUT2D eigenvalue weighted by atomic mass is 10.1. The zero-order valence-electron chi connectivity index (χ0n) is 11.7. The molecule has 0 unspecified atom stereocenters. The molecule has 8 heteroatoms. The van der Waals surface area contributed by atoms with Gasteiger partial charge in [0.25, 0.3) is 5.91 Å². The van der Waals surface area contributed by atoms with Crippen molar-refractivity contribution < 1.29 is 24.9 Å². The SMILES string of the molecule is CN(C)C(=O)c1ncccc1O[C@H]1SC[C@@H](O)[C@H](O)[C@H]1O. The molecule has 0 radical (unpaired) electrons. The number of hydrogen-bond donors (Lipinski definition) is 3. The smallest absolute Gasteiger partial charge is 0.275 e. The second-order valence-electron chi connectivity index (χ2n) is 4.92. The highest BCUT2D eigenvalue weighted by Crippen LogP contribution is 2.30. The van der Waals surface area contributed by atoms with Gasteiger partial charge >= 0.3 is 0 Å². The molecule has 4 atom stereocenters. The van der Waals surface area contributed by atoms with Gasteiger partial charge in [0.05, 0.1) is 6.10 Å². The van der Waals surface area contributed by atoms with E-state index in [0.29, 0.717) is 0 Å². The number of ether oxygens (including phenoxy) is 1. The first-order valence-corrected chi connectivity index (χ1v) is 7.46. The summed E-state index contributed by atoms with van der Waals surface area (Å²) in [6, 6.07) is 3.20. The standard InChI is InChI=1S/C13H18N2O5S/c1-15(2)12(19)9-8(4-3-5-14-9)20-13-11(18)10(17)7(16)6-21-13/h3-5,7,10-11,13,16-18H,6H2,1-2H3/t7-,10+,11-,13+/m1/s1. The first kappa shape index (κ1) is 16.0. The summed E-state index contributed by atoms with van der Waals surface area (Å²) in [7, 11) is 3.20. The van der Waals surface area contributed by atoms with Gasteiger partial charge in [-0.05, 0) is 12.1 Å². The van der Waals surface area contributed by atoms with E-state index in [2.05, 4.69) is 4.98 Å². The van der Waals surface area contributed by atoms with Crippen molar-refractivity contribution in [1.29, 1.82) is 0 Å². The molecule has 0 spiro atoms. The van der Waals surface area contributed by atoms with Crippen LogP contribution in [0.3, 0.4) is 0 Å². The predicted octanol–water partition coefficient (Wildman–Crippen LogP) is -0.682. The summed E-state index contributed by atoms with van der Waals surface area (Å²) in [5.74, 6) is 0.151. The zero-order valence-corrected chi connectivity index (χ0v) is 12.5. The molecule has 3 N–H and O–H groups in total. The number of aliphatic hydroxyl groups is 3. The van der Waals surface area contributed by atoms with Crippen LogP contribution in [-0.2, 0) is 0 Å². The normalized spacial score (nSPS) is 29.0. The Hall–Kier alpha value is -1.35. The number of carbonyl (C=O) groups is 1. The monoisotopic (exact) mass is 314 g/mol. The van der Waals surface area contributed by atoms with Crippen molar-refractivity contribution in [1.82, 2.24) is 9.88 Å². The average molecular weight is 314 g/mol. The Balaban J connectivity index is 2.18. The number of nitrogens with zero attached hydrogens (tertiary/aromatic N) is 2. The summed E-state index contributed by atoms with van der Waals surface area (Å²) in [5.41, 5.74) is -0.641. The molecule has 1 saturated heterocycles. The molecule has 1 aliphatic heterocycles. The number of pyridine rings is 1. The fourth-order valence-electron chi connectivity index (χ4n) is 1.87. The minimum Gasteiger partial charge on any atom is -0.474 e. The lowest BCUT2D eigenvalue weighted by Crippen LogP contribution is -2.50. The van der Waals surface area contributed by atoms with Crippen LogP contribution in [0, 0.1) is 0 Å². The van der Waals surface area contributed by atoms with Crippen LogP contribution < -0.4 is 4.74 Å². The Morgan fingerprint density at radius 1 is 1.38 bits per heavy atom. The Bertz CT molecular complexity index is 513. The molecular formula is C13H18N2O5S. The molecule has 0 aliphatic carbocycles. The summed E-state index contributed by atoms with van der Waals surface area (Å²) < 4.78 is 5.62. The molecule has 1 amide bonds. The van der Waals surface area contributed by atoms with Gasteiger partial charge in [-0.15, -0.1) is 11.8 Å². The highest BCUT2D eigenvalue weighted by molar-refractivity contribution is 7.99. The molecule has 1 aromatic heterocycles. The van der Waals surface area contributed by atoms with Crippen LogP contribution in [0.15, 0.2) is 18.3 Å². The largest absolute Gasteiger partial charge is 0.474 e. The second kappa shape index (κ2) is 6.61. The van der Waals surface area contributed by atoms with Crippen molar-refractivity contribution in [2.45, 2.75) is 23.7 Å². The van der Waals surface area contributed by atoms with E-state index in [1.807, 2.05) is 0 Å². The molecule has 1 aromatic rings. The molecule has 0 bridgehead atoms.